The highest BCUT2D eigenvalue weighted by molar-refractivity contribution is 6.34. The normalized spacial score (nSPS) is 13.3. The Morgan fingerprint density at radius 2 is 1.92 bits per heavy atom. The molecule has 0 aliphatic carbocycles. The van der Waals surface area contributed by atoms with E-state index < -0.39 is 0 Å². The molecule has 0 unspecified atom stereocenters. The van der Waals surface area contributed by atoms with Crippen molar-refractivity contribution in [2.45, 2.75) is 20.8 Å². The molecule has 0 fully saturated rings. The summed E-state index contributed by atoms with van der Waals surface area (Å²) in [5.74, 6) is 0. The van der Waals surface area contributed by atoms with Gasteiger partial charge in [0.05, 0.1) is 5.71 Å². The lowest BCUT2D eigenvalue weighted by molar-refractivity contribution is 0.598. The Balaban J connectivity index is 4.87. The lowest BCUT2D eigenvalue weighted by atomic mass is 9.90. The van der Waals surface area contributed by atoms with Crippen LogP contribution in [0.3, 0.4) is 0 Å². The Morgan fingerprint density at radius 3 is 2.23 bits per heavy atom. The maximum absolute atomic E-state index is 4.31. The molecule has 0 aliphatic heterocycles. The fourth-order valence-corrected chi connectivity index (χ4v) is 0.719. The molecule has 0 heterocycles. The van der Waals surface area contributed by atoms with Crippen LogP contribution in [0.4, 0.5) is 0 Å². The molecule has 0 radical (unpaired) electrons. The van der Waals surface area contributed by atoms with E-state index in [1.807, 2.05) is 7.85 Å². The smallest absolute Gasteiger partial charge is 0.163 e. The largest absolute Gasteiger partial charge is 0.267 e. The average Bonchev–Trinajstić information content (AvgIpc) is 1.95. The third kappa shape index (κ3) is 5.18. The molecule has 13 heavy (non-hydrogen) atoms. The number of hydrogen-bond donors (Lipinski definition) is 0. The van der Waals surface area contributed by atoms with Crippen LogP contribution in [0.5, 0.6) is 0 Å². The summed E-state index contributed by atoms with van der Waals surface area (Å²) in [5.41, 5.74) is 1.70. The molecule has 0 saturated carbocycles. The molecule has 0 N–H and O–H groups in total. The zero-order valence-electron chi connectivity index (χ0n) is 8.96. The molecule has 3 heteroatoms. The van der Waals surface area contributed by atoms with Crippen LogP contribution < -0.4 is 0 Å². The van der Waals surface area contributed by atoms with Gasteiger partial charge in [-0.3, -0.25) is 9.98 Å². The van der Waals surface area contributed by atoms with Crippen molar-refractivity contribution in [2.75, 3.05) is 0 Å². The van der Waals surface area contributed by atoms with E-state index in [1.165, 1.54) is 6.20 Å². The third-order valence-corrected chi connectivity index (χ3v) is 1.38. The fraction of sp³-hybridized carbons (Fsp3) is 0.400. The second-order valence-electron chi connectivity index (χ2n) is 3.94. The van der Waals surface area contributed by atoms with Gasteiger partial charge in [-0.05, 0) is 5.60 Å². The number of aliphatic imine (C=N–C) groups is 2. The van der Waals surface area contributed by atoms with Crippen molar-refractivity contribution in [3.8, 4) is 0 Å². The molecule has 0 aromatic rings. The van der Waals surface area contributed by atoms with Crippen LogP contribution in [0.2, 0.25) is 0 Å². The molecule has 0 rings (SSSR count). The van der Waals surface area contributed by atoms with Crippen LogP contribution in [-0.4, -0.2) is 19.8 Å². The van der Waals surface area contributed by atoms with Crippen molar-refractivity contribution in [2.24, 2.45) is 15.4 Å². The Morgan fingerprint density at radius 1 is 1.38 bits per heavy atom. The standard InChI is InChI=1S/C10H17BN2/c1-6-12-7-9(10(3,4)5)13-8(2)11/h6-7H,1-2,11H2,3-5H3/b12-7-,13-9+. The molecule has 0 aromatic carbocycles. The predicted molar refractivity (Wildman–Crippen MR) is 63.3 cm³/mol. The van der Waals surface area contributed by atoms with E-state index in [1.54, 1.807) is 6.21 Å². The first-order valence-electron chi connectivity index (χ1n) is 4.26. The summed E-state index contributed by atoms with van der Waals surface area (Å²) in [6.07, 6.45) is 3.22. The Bertz CT molecular complexity index is 257. The summed E-state index contributed by atoms with van der Waals surface area (Å²) in [4.78, 5) is 8.27. The Kier molecular flexibility index (Phi) is 4.39. The first-order chi connectivity index (χ1) is 5.88. The van der Waals surface area contributed by atoms with Gasteiger partial charge in [-0.2, -0.15) is 0 Å². The monoisotopic (exact) mass is 176 g/mol. The summed E-state index contributed by atoms with van der Waals surface area (Å²) in [7, 11) is 1.87. The highest BCUT2D eigenvalue weighted by Crippen LogP contribution is 2.15. The first kappa shape index (κ1) is 11.9. The molecule has 0 amide bonds. The quantitative estimate of drug-likeness (QED) is 0.462. The molecule has 0 atom stereocenters. The van der Waals surface area contributed by atoms with Gasteiger partial charge in [-0.15, -0.1) is 0 Å². The van der Waals surface area contributed by atoms with Crippen molar-refractivity contribution in [1.29, 1.82) is 0 Å². The van der Waals surface area contributed by atoms with Gasteiger partial charge in [-0.1, -0.05) is 33.9 Å². The number of rotatable bonds is 3. The minimum Gasteiger partial charge on any atom is -0.267 e. The van der Waals surface area contributed by atoms with E-state index in [9.17, 15) is 0 Å². The van der Waals surface area contributed by atoms with E-state index in [4.69, 9.17) is 0 Å². The van der Waals surface area contributed by atoms with Gasteiger partial charge in [0.1, 0.15) is 0 Å². The van der Waals surface area contributed by atoms with Crippen molar-refractivity contribution in [1.82, 2.24) is 0 Å². The summed E-state index contributed by atoms with van der Waals surface area (Å²) in [6.45, 7) is 13.5. The van der Waals surface area contributed by atoms with Gasteiger partial charge in [-0.25, -0.2) is 0 Å². The maximum atomic E-state index is 4.31. The van der Waals surface area contributed by atoms with Crippen LogP contribution in [0.15, 0.2) is 34.9 Å². The second kappa shape index (κ2) is 4.80. The number of hydrogen-bond acceptors (Lipinski definition) is 2. The molecule has 0 aliphatic rings. The first-order valence-corrected chi connectivity index (χ1v) is 4.26. The highest BCUT2D eigenvalue weighted by Gasteiger charge is 2.16. The lowest BCUT2D eigenvalue weighted by Crippen LogP contribution is -2.21. The molecule has 0 spiro atoms. The van der Waals surface area contributed by atoms with E-state index in [0.717, 1.165) is 11.3 Å². The molecular weight excluding hydrogens is 159 g/mol. The van der Waals surface area contributed by atoms with Crippen LogP contribution in [0.1, 0.15) is 20.8 Å². The zero-order valence-corrected chi connectivity index (χ0v) is 8.96. The minimum atomic E-state index is -0.00847. The third-order valence-electron chi connectivity index (χ3n) is 1.38. The average molecular weight is 176 g/mol. The zero-order chi connectivity index (χ0) is 10.5. The highest BCUT2D eigenvalue weighted by atomic mass is 14.8. The number of nitrogens with zero attached hydrogens (tertiary/aromatic N) is 2. The van der Waals surface area contributed by atoms with Gasteiger partial charge < -0.3 is 0 Å². The summed E-state index contributed by atoms with van der Waals surface area (Å²) in [6, 6.07) is 0. The molecule has 2 nitrogen and oxygen atoms in total. The van der Waals surface area contributed by atoms with E-state index in [-0.39, 0.29) is 5.41 Å². The van der Waals surface area contributed by atoms with Gasteiger partial charge in [0.25, 0.3) is 0 Å². The molecule has 0 aromatic heterocycles. The van der Waals surface area contributed by atoms with Gasteiger partial charge >= 0.3 is 0 Å². The molecule has 0 bridgehead atoms. The van der Waals surface area contributed by atoms with Crippen LogP contribution >= 0.6 is 0 Å². The van der Waals surface area contributed by atoms with Gasteiger partial charge in [0.15, 0.2) is 7.85 Å². The van der Waals surface area contributed by atoms with Crippen molar-refractivity contribution in [3.63, 3.8) is 0 Å². The summed E-state index contributed by atoms with van der Waals surface area (Å²) >= 11 is 0. The summed E-state index contributed by atoms with van der Waals surface area (Å²) < 4.78 is 0. The second-order valence-corrected chi connectivity index (χ2v) is 3.94. The fourth-order valence-electron chi connectivity index (χ4n) is 0.719. The van der Waals surface area contributed by atoms with Gasteiger partial charge in [0, 0.05) is 17.8 Å². The Hall–Kier alpha value is -1.12. The van der Waals surface area contributed by atoms with Crippen molar-refractivity contribution in [3.05, 3.63) is 25.0 Å². The van der Waals surface area contributed by atoms with Crippen LogP contribution in [0, 0.1) is 5.41 Å². The predicted octanol–water partition coefficient (Wildman–Crippen LogP) is 1.79. The van der Waals surface area contributed by atoms with Crippen LogP contribution in [-0.2, 0) is 0 Å². The SMILES string of the molecule is BC(=C)/N=C(\C=N/C=C)C(C)(C)C. The summed E-state index contributed by atoms with van der Waals surface area (Å²) in [5, 5.41) is 0. The Labute approximate surface area is 81.6 Å². The maximum Gasteiger partial charge on any atom is 0.163 e. The van der Waals surface area contributed by atoms with E-state index >= 15 is 0 Å². The van der Waals surface area contributed by atoms with E-state index in [2.05, 4.69) is 43.9 Å². The molecule has 70 valence electrons. The van der Waals surface area contributed by atoms with Crippen molar-refractivity contribution < 1.29 is 0 Å². The van der Waals surface area contributed by atoms with E-state index in [0.29, 0.717) is 0 Å². The van der Waals surface area contributed by atoms with Crippen molar-refractivity contribution >= 4 is 19.8 Å². The molecular formula is C10H17BN2. The van der Waals surface area contributed by atoms with Gasteiger partial charge in [0.2, 0.25) is 0 Å². The van der Waals surface area contributed by atoms with Crippen LogP contribution in [0.25, 0.3) is 0 Å². The molecule has 0 saturated heterocycles. The lowest BCUT2D eigenvalue weighted by Gasteiger charge is -2.18. The minimum absolute atomic E-state index is 0.00847. The topological polar surface area (TPSA) is 24.7 Å².